The molecular weight excluding hydrogens is 236 g/mol. The molecule has 114 valence electrons. The van der Waals surface area contributed by atoms with Gasteiger partial charge in [0.15, 0.2) is 0 Å². The van der Waals surface area contributed by atoms with Gasteiger partial charge in [-0.15, -0.1) is 0 Å². The van der Waals surface area contributed by atoms with Crippen molar-refractivity contribution in [2.45, 2.75) is 84.3 Å². The largest absolute Gasteiger partial charge is 0.374 e. The fourth-order valence-electron chi connectivity index (χ4n) is 3.92. The van der Waals surface area contributed by atoms with Crippen LogP contribution in [0.4, 0.5) is 0 Å². The van der Waals surface area contributed by atoms with Gasteiger partial charge in [-0.25, -0.2) is 0 Å². The normalized spacial score (nSPS) is 26.4. The Bertz CT molecular complexity index is 233. The summed E-state index contributed by atoms with van der Waals surface area (Å²) in [7, 11) is 0. The summed E-state index contributed by atoms with van der Waals surface area (Å²) >= 11 is 0. The van der Waals surface area contributed by atoms with Gasteiger partial charge in [-0.3, -0.25) is 11.3 Å². The van der Waals surface area contributed by atoms with E-state index in [1.165, 1.54) is 32.1 Å². The molecule has 0 heterocycles. The maximum Gasteiger partial charge on any atom is 0.0845 e. The second-order valence-electron chi connectivity index (χ2n) is 6.04. The molecule has 3 N–H and O–H groups in total. The average molecular weight is 270 g/mol. The van der Waals surface area contributed by atoms with Crippen molar-refractivity contribution >= 4 is 0 Å². The van der Waals surface area contributed by atoms with Crippen LogP contribution in [0.1, 0.15) is 72.6 Å². The predicted octanol–water partition coefficient (Wildman–Crippen LogP) is 3.63. The van der Waals surface area contributed by atoms with Crippen LogP contribution < -0.4 is 11.3 Å². The molecule has 0 bridgehead atoms. The molecule has 0 spiro atoms. The molecule has 0 aromatic rings. The number of nitrogens with two attached hydrogens (primary N) is 1. The van der Waals surface area contributed by atoms with Gasteiger partial charge in [0.05, 0.1) is 11.6 Å². The lowest BCUT2D eigenvalue weighted by Crippen LogP contribution is -2.58. The zero-order chi connectivity index (χ0) is 14.3. The summed E-state index contributed by atoms with van der Waals surface area (Å²) < 4.78 is 6.14. The summed E-state index contributed by atoms with van der Waals surface area (Å²) in [5, 5.41) is 0. The molecule has 1 aliphatic carbocycles. The fourth-order valence-corrected chi connectivity index (χ4v) is 3.92. The molecule has 1 rings (SSSR count). The number of hydrogen-bond acceptors (Lipinski definition) is 3. The summed E-state index contributed by atoms with van der Waals surface area (Å²) in [6.45, 7) is 9.61. The van der Waals surface area contributed by atoms with Crippen LogP contribution >= 0.6 is 0 Å². The molecule has 0 amide bonds. The van der Waals surface area contributed by atoms with Gasteiger partial charge in [0.1, 0.15) is 0 Å². The van der Waals surface area contributed by atoms with Gasteiger partial charge in [-0.05, 0) is 44.4 Å². The molecule has 0 radical (unpaired) electrons. The maximum absolute atomic E-state index is 6.14. The SMILES string of the molecule is CCOC(CC)(CC)C(NN)C1CCC(CC)CC1. The van der Waals surface area contributed by atoms with Crippen LogP contribution in [0.25, 0.3) is 0 Å². The van der Waals surface area contributed by atoms with Crippen LogP contribution in [0, 0.1) is 11.8 Å². The minimum Gasteiger partial charge on any atom is -0.374 e. The molecule has 0 aliphatic heterocycles. The Kier molecular flexibility index (Phi) is 7.33. The van der Waals surface area contributed by atoms with Crippen LogP contribution in [0.5, 0.6) is 0 Å². The number of hydrogen-bond donors (Lipinski definition) is 2. The molecular formula is C16H34N2O. The first-order valence-electron chi connectivity index (χ1n) is 8.27. The van der Waals surface area contributed by atoms with Crippen molar-refractivity contribution < 1.29 is 4.74 Å². The van der Waals surface area contributed by atoms with E-state index >= 15 is 0 Å². The first kappa shape index (κ1) is 16.9. The molecule has 1 aliphatic rings. The van der Waals surface area contributed by atoms with Crippen molar-refractivity contribution in [2.24, 2.45) is 17.7 Å². The minimum absolute atomic E-state index is 0.0901. The molecule has 1 atom stereocenters. The second-order valence-corrected chi connectivity index (χ2v) is 6.04. The lowest BCUT2D eigenvalue weighted by atomic mass is 9.71. The Balaban J connectivity index is 2.74. The van der Waals surface area contributed by atoms with E-state index in [4.69, 9.17) is 10.6 Å². The number of nitrogens with one attached hydrogen (secondary N) is 1. The zero-order valence-electron chi connectivity index (χ0n) is 13.4. The Morgan fingerprint density at radius 1 is 1.11 bits per heavy atom. The highest BCUT2D eigenvalue weighted by Gasteiger charge is 2.41. The molecule has 1 saturated carbocycles. The Morgan fingerprint density at radius 3 is 2.05 bits per heavy atom. The van der Waals surface area contributed by atoms with Gasteiger partial charge in [0, 0.05) is 6.61 Å². The van der Waals surface area contributed by atoms with Crippen molar-refractivity contribution in [3.63, 3.8) is 0 Å². The second kappa shape index (κ2) is 8.23. The van der Waals surface area contributed by atoms with E-state index in [1.54, 1.807) is 0 Å². The van der Waals surface area contributed by atoms with E-state index in [1.807, 2.05) is 0 Å². The molecule has 0 aromatic carbocycles. The first-order valence-corrected chi connectivity index (χ1v) is 8.27. The van der Waals surface area contributed by atoms with Crippen LogP contribution in [0.15, 0.2) is 0 Å². The highest BCUT2D eigenvalue weighted by molar-refractivity contribution is 4.96. The van der Waals surface area contributed by atoms with Crippen molar-refractivity contribution in [3.8, 4) is 0 Å². The van der Waals surface area contributed by atoms with Gasteiger partial charge < -0.3 is 4.74 Å². The van der Waals surface area contributed by atoms with Crippen molar-refractivity contribution in [1.29, 1.82) is 0 Å². The van der Waals surface area contributed by atoms with E-state index in [0.29, 0.717) is 12.0 Å². The Hall–Kier alpha value is -0.120. The molecule has 0 saturated heterocycles. The topological polar surface area (TPSA) is 47.3 Å². The fraction of sp³-hybridized carbons (Fsp3) is 1.00. The maximum atomic E-state index is 6.14. The van der Waals surface area contributed by atoms with E-state index in [-0.39, 0.29) is 5.60 Å². The predicted molar refractivity (Wildman–Crippen MR) is 81.8 cm³/mol. The highest BCUT2D eigenvalue weighted by Crippen LogP contribution is 2.38. The molecule has 1 fully saturated rings. The van der Waals surface area contributed by atoms with Crippen LogP contribution in [0.3, 0.4) is 0 Å². The third-order valence-corrected chi connectivity index (χ3v) is 5.32. The third-order valence-electron chi connectivity index (χ3n) is 5.32. The van der Waals surface area contributed by atoms with Crippen LogP contribution in [0.2, 0.25) is 0 Å². The average Bonchev–Trinajstić information content (AvgIpc) is 2.47. The summed E-state index contributed by atoms with van der Waals surface area (Å²) in [4.78, 5) is 0. The molecule has 0 aromatic heterocycles. The number of hydrazine groups is 1. The van der Waals surface area contributed by atoms with Gasteiger partial charge in [-0.2, -0.15) is 0 Å². The first-order chi connectivity index (χ1) is 9.17. The van der Waals surface area contributed by atoms with E-state index < -0.39 is 0 Å². The van der Waals surface area contributed by atoms with Crippen LogP contribution in [-0.2, 0) is 4.74 Å². The summed E-state index contributed by atoms with van der Waals surface area (Å²) in [5.41, 5.74) is 3.02. The molecule has 3 heteroatoms. The van der Waals surface area contributed by atoms with E-state index in [0.717, 1.165) is 25.4 Å². The summed E-state index contributed by atoms with van der Waals surface area (Å²) in [5.74, 6) is 7.50. The monoisotopic (exact) mass is 270 g/mol. The zero-order valence-corrected chi connectivity index (χ0v) is 13.4. The summed E-state index contributed by atoms with van der Waals surface area (Å²) in [6.07, 6.45) is 8.68. The van der Waals surface area contributed by atoms with Crippen LogP contribution in [-0.4, -0.2) is 18.2 Å². The van der Waals surface area contributed by atoms with Gasteiger partial charge >= 0.3 is 0 Å². The number of ether oxygens (including phenoxy) is 1. The molecule has 19 heavy (non-hydrogen) atoms. The Labute approximate surface area is 119 Å². The van der Waals surface area contributed by atoms with Crippen molar-refractivity contribution in [3.05, 3.63) is 0 Å². The number of rotatable bonds is 8. The Morgan fingerprint density at radius 2 is 1.68 bits per heavy atom. The van der Waals surface area contributed by atoms with Crippen molar-refractivity contribution in [2.75, 3.05) is 6.61 Å². The van der Waals surface area contributed by atoms with Gasteiger partial charge in [0.2, 0.25) is 0 Å². The van der Waals surface area contributed by atoms with Crippen molar-refractivity contribution in [1.82, 2.24) is 5.43 Å². The van der Waals surface area contributed by atoms with Gasteiger partial charge in [0.25, 0.3) is 0 Å². The molecule has 3 nitrogen and oxygen atoms in total. The summed E-state index contributed by atoms with van der Waals surface area (Å²) in [6, 6.07) is 0.292. The van der Waals surface area contributed by atoms with E-state index in [9.17, 15) is 0 Å². The lowest BCUT2D eigenvalue weighted by molar-refractivity contribution is -0.0901. The smallest absolute Gasteiger partial charge is 0.0845 e. The van der Waals surface area contributed by atoms with Gasteiger partial charge in [-0.1, -0.05) is 40.0 Å². The molecule has 1 unspecified atom stereocenters. The lowest BCUT2D eigenvalue weighted by Gasteiger charge is -2.45. The third kappa shape index (κ3) is 3.93. The highest BCUT2D eigenvalue weighted by atomic mass is 16.5. The quantitative estimate of drug-likeness (QED) is 0.523. The minimum atomic E-state index is -0.0901. The van der Waals surface area contributed by atoms with E-state index in [2.05, 4.69) is 33.1 Å². The standard InChI is InChI=1S/C16H34N2O/c1-5-13-9-11-14(12-10-13)15(18-17)16(6-2,7-3)19-8-4/h13-15,18H,5-12,17H2,1-4H3.